The van der Waals surface area contributed by atoms with Gasteiger partial charge in [0, 0.05) is 25.3 Å². The average molecular weight is 376 g/mol. The predicted molar refractivity (Wildman–Crippen MR) is 97.8 cm³/mol. The molecule has 2 rings (SSSR count). The van der Waals surface area contributed by atoms with E-state index in [0.717, 1.165) is 17.8 Å². The van der Waals surface area contributed by atoms with Crippen LogP contribution >= 0.6 is 0 Å². The van der Waals surface area contributed by atoms with Crippen molar-refractivity contribution in [2.45, 2.75) is 6.18 Å². The van der Waals surface area contributed by atoms with Gasteiger partial charge in [-0.3, -0.25) is 4.79 Å². The third-order valence-corrected chi connectivity index (χ3v) is 3.56. The molecule has 2 aromatic rings. The number of rotatable bonds is 5. The summed E-state index contributed by atoms with van der Waals surface area (Å²) in [4.78, 5) is 14.0. The van der Waals surface area contributed by atoms with Crippen molar-refractivity contribution >= 4 is 11.6 Å². The molecule has 1 N–H and O–H groups in total. The molecular weight excluding hydrogens is 357 g/mol. The Morgan fingerprint density at radius 2 is 1.85 bits per heavy atom. The first-order valence-electron chi connectivity index (χ1n) is 8.09. The van der Waals surface area contributed by atoms with Crippen molar-refractivity contribution in [1.29, 1.82) is 0 Å². The van der Waals surface area contributed by atoms with Gasteiger partial charge >= 0.3 is 6.18 Å². The van der Waals surface area contributed by atoms with Crippen LogP contribution in [0.4, 0.5) is 18.9 Å². The Morgan fingerprint density at radius 3 is 2.56 bits per heavy atom. The lowest BCUT2D eigenvalue weighted by Crippen LogP contribution is -2.24. The lowest BCUT2D eigenvalue weighted by Gasteiger charge is -2.13. The first kappa shape index (κ1) is 20.2. The molecule has 0 aliphatic heterocycles. The van der Waals surface area contributed by atoms with Crippen molar-refractivity contribution in [3.05, 3.63) is 59.7 Å². The number of benzene rings is 2. The van der Waals surface area contributed by atoms with Crippen molar-refractivity contribution in [3.63, 3.8) is 0 Å². The van der Waals surface area contributed by atoms with Gasteiger partial charge in [0.1, 0.15) is 12.4 Å². The molecule has 7 heteroatoms. The summed E-state index contributed by atoms with van der Waals surface area (Å²) in [5.74, 6) is 5.18. The zero-order chi connectivity index (χ0) is 19.9. The van der Waals surface area contributed by atoms with Crippen molar-refractivity contribution in [2.24, 2.45) is 0 Å². The van der Waals surface area contributed by atoms with E-state index in [1.54, 1.807) is 18.2 Å². The number of ether oxygens (including phenoxy) is 1. The normalized spacial score (nSPS) is 10.6. The van der Waals surface area contributed by atoms with Crippen LogP contribution in [0, 0.1) is 11.8 Å². The molecule has 0 saturated heterocycles. The number of nitrogens with one attached hydrogen (secondary N) is 1. The van der Waals surface area contributed by atoms with Crippen molar-refractivity contribution in [2.75, 3.05) is 32.1 Å². The van der Waals surface area contributed by atoms with Gasteiger partial charge in [0.2, 0.25) is 0 Å². The van der Waals surface area contributed by atoms with Crippen LogP contribution in [0.1, 0.15) is 15.9 Å². The highest BCUT2D eigenvalue weighted by atomic mass is 19.4. The third kappa shape index (κ3) is 6.26. The molecule has 0 aliphatic rings. The van der Waals surface area contributed by atoms with E-state index in [4.69, 9.17) is 4.74 Å². The summed E-state index contributed by atoms with van der Waals surface area (Å²) in [5.41, 5.74) is 0.645. The average Bonchev–Trinajstić information content (AvgIpc) is 2.64. The number of nitrogens with zero attached hydrogens (tertiary/aromatic N) is 1. The summed E-state index contributed by atoms with van der Waals surface area (Å²) in [6.45, 7) is 0.0320. The monoisotopic (exact) mass is 376 g/mol. The van der Waals surface area contributed by atoms with Crippen molar-refractivity contribution in [1.82, 2.24) is 5.32 Å². The number of alkyl halides is 3. The highest BCUT2D eigenvalue weighted by Crippen LogP contribution is 2.31. The number of carbonyl (C=O) groups excluding carboxylic acids is 1. The molecule has 0 aliphatic carbocycles. The number of amides is 1. The second kappa shape index (κ2) is 8.99. The molecule has 0 heterocycles. The zero-order valence-electron chi connectivity index (χ0n) is 14.9. The molecule has 0 radical (unpaired) electrons. The first-order chi connectivity index (χ1) is 12.8. The number of carbonyl (C=O) groups is 1. The zero-order valence-corrected chi connectivity index (χ0v) is 14.9. The first-order valence-corrected chi connectivity index (χ1v) is 8.09. The minimum Gasteiger partial charge on any atom is -0.481 e. The fourth-order valence-corrected chi connectivity index (χ4v) is 2.15. The summed E-state index contributed by atoms with van der Waals surface area (Å²) < 4.78 is 43.0. The maximum atomic E-state index is 12.6. The van der Waals surface area contributed by atoms with E-state index in [1.165, 1.54) is 12.1 Å². The Kier molecular flexibility index (Phi) is 6.72. The Bertz CT molecular complexity index is 852. The molecule has 27 heavy (non-hydrogen) atoms. The summed E-state index contributed by atoms with van der Waals surface area (Å²) >= 11 is 0. The fourth-order valence-electron chi connectivity index (χ4n) is 2.15. The molecule has 0 spiro atoms. The van der Waals surface area contributed by atoms with Crippen LogP contribution in [-0.4, -0.2) is 33.2 Å². The van der Waals surface area contributed by atoms with E-state index >= 15 is 0 Å². The van der Waals surface area contributed by atoms with Crippen LogP contribution in [-0.2, 0) is 6.18 Å². The Hall–Kier alpha value is -3.14. The third-order valence-electron chi connectivity index (χ3n) is 3.56. The molecule has 0 bridgehead atoms. The van der Waals surface area contributed by atoms with Gasteiger partial charge in [0.25, 0.3) is 5.91 Å². The maximum Gasteiger partial charge on any atom is 0.416 e. The van der Waals surface area contributed by atoms with Crippen LogP contribution in [0.15, 0.2) is 48.5 Å². The van der Waals surface area contributed by atoms with Gasteiger partial charge < -0.3 is 15.0 Å². The van der Waals surface area contributed by atoms with E-state index in [1.807, 2.05) is 25.1 Å². The smallest absolute Gasteiger partial charge is 0.416 e. The molecular formula is C20H19F3N2O2. The van der Waals surface area contributed by atoms with Crippen LogP contribution < -0.4 is 15.0 Å². The van der Waals surface area contributed by atoms with E-state index in [9.17, 15) is 18.0 Å². The second-order valence-electron chi connectivity index (χ2n) is 5.80. The fraction of sp³-hybridized carbons (Fsp3) is 0.250. The summed E-state index contributed by atoms with van der Waals surface area (Å²) in [6, 6.07) is 11.7. The lowest BCUT2D eigenvalue weighted by atomic mass is 10.2. The van der Waals surface area contributed by atoms with Crippen molar-refractivity contribution < 1.29 is 22.7 Å². The minimum atomic E-state index is -4.42. The van der Waals surface area contributed by atoms with Crippen LogP contribution in [0.3, 0.4) is 0 Å². The van der Waals surface area contributed by atoms with Gasteiger partial charge in [-0.05, 0) is 36.4 Å². The van der Waals surface area contributed by atoms with Crippen molar-refractivity contribution in [3.8, 4) is 17.6 Å². The number of hydrogen-bond donors (Lipinski definition) is 1. The topological polar surface area (TPSA) is 41.6 Å². The standard InChI is InChI=1S/C20H19F3N2O2/c1-25(2)17-9-5-7-15(13-17)19(26)24-11-3-4-12-27-18-10-6-8-16(14-18)20(21,22)23/h5-10,13-14H,11-12H2,1-2H3,(H,24,26). The lowest BCUT2D eigenvalue weighted by molar-refractivity contribution is -0.137. The quantitative estimate of drug-likeness (QED) is 0.811. The number of anilines is 1. The van der Waals surface area contributed by atoms with E-state index in [0.29, 0.717) is 5.56 Å². The van der Waals surface area contributed by atoms with Crippen LogP contribution in [0.25, 0.3) is 0 Å². The molecule has 0 aromatic heterocycles. The SMILES string of the molecule is CN(C)c1cccc(C(=O)NCC#CCOc2cccc(C(F)(F)F)c2)c1. The predicted octanol–water partition coefficient (Wildman–Crippen LogP) is 3.58. The Morgan fingerprint density at radius 1 is 1.11 bits per heavy atom. The molecule has 142 valence electrons. The van der Waals surface area contributed by atoms with Gasteiger partial charge in [-0.15, -0.1) is 0 Å². The van der Waals surface area contributed by atoms with Gasteiger partial charge in [-0.1, -0.05) is 24.0 Å². The summed E-state index contributed by atoms with van der Waals surface area (Å²) in [7, 11) is 3.76. The highest BCUT2D eigenvalue weighted by molar-refractivity contribution is 5.95. The molecule has 0 saturated carbocycles. The van der Waals surface area contributed by atoms with E-state index in [-0.39, 0.29) is 24.8 Å². The Labute approximate surface area is 155 Å². The molecule has 0 atom stereocenters. The molecule has 0 unspecified atom stereocenters. The minimum absolute atomic E-state index is 0.0761. The summed E-state index contributed by atoms with van der Waals surface area (Å²) in [5, 5.41) is 2.66. The maximum absolute atomic E-state index is 12.6. The molecule has 0 fully saturated rings. The van der Waals surface area contributed by atoms with Crippen LogP contribution in [0.5, 0.6) is 5.75 Å². The number of hydrogen-bond acceptors (Lipinski definition) is 3. The van der Waals surface area contributed by atoms with Crippen LogP contribution in [0.2, 0.25) is 0 Å². The van der Waals surface area contributed by atoms with Gasteiger partial charge in [-0.2, -0.15) is 13.2 Å². The largest absolute Gasteiger partial charge is 0.481 e. The van der Waals surface area contributed by atoms with E-state index in [2.05, 4.69) is 17.2 Å². The Balaban J connectivity index is 1.81. The van der Waals surface area contributed by atoms with Gasteiger partial charge in [0.15, 0.2) is 0 Å². The summed E-state index contributed by atoms with van der Waals surface area (Å²) in [6.07, 6.45) is -4.42. The highest BCUT2D eigenvalue weighted by Gasteiger charge is 2.30. The van der Waals surface area contributed by atoms with E-state index < -0.39 is 11.7 Å². The molecule has 4 nitrogen and oxygen atoms in total. The molecule has 2 aromatic carbocycles. The van der Waals surface area contributed by atoms with Gasteiger partial charge in [-0.25, -0.2) is 0 Å². The second-order valence-corrected chi connectivity index (χ2v) is 5.80. The van der Waals surface area contributed by atoms with Gasteiger partial charge in [0.05, 0.1) is 12.1 Å². The number of halogens is 3. The molecule has 1 amide bonds.